The summed E-state index contributed by atoms with van der Waals surface area (Å²) in [5, 5.41) is 3.37. The molecule has 18 heavy (non-hydrogen) atoms. The maximum absolute atomic E-state index is 13.7. The van der Waals surface area contributed by atoms with Crippen LogP contribution >= 0.6 is 0 Å². The smallest absolute Gasteiger partial charge is 0.128 e. The Labute approximate surface area is 108 Å². The number of rotatable bonds is 3. The first-order chi connectivity index (χ1) is 8.58. The number of hydrogen-bond donors (Lipinski definition) is 1. The molecule has 2 heteroatoms. The van der Waals surface area contributed by atoms with Crippen molar-refractivity contribution in [1.82, 2.24) is 0 Å². The van der Waals surface area contributed by atoms with Gasteiger partial charge in [-0.2, -0.15) is 0 Å². The third kappa shape index (κ3) is 2.70. The van der Waals surface area contributed by atoms with Crippen LogP contribution in [0.25, 0.3) is 0 Å². The molecule has 0 radical (unpaired) electrons. The second kappa shape index (κ2) is 5.21. The van der Waals surface area contributed by atoms with Crippen molar-refractivity contribution in [2.24, 2.45) is 0 Å². The average Bonchev–Trinajstić information content (AvgIpc) is 2.34. The monoisotopic (exact) mass is 243 g/mol. The zero-order valence-electron chi connectivity index (χ0n) is 11.0. The van der Waals surface area contributed by atoms with Crippen LogP contribution in [-0.4, -0.2) is 0 Å². The van der Waals surface area contributed by atoms with Gasteiger partial charge in [0.2, 0.25) is 0 Å². The van der Waals surface area contributed by atoms with Gasteiger partial charge in [0.1, 0.15) is 5.82 Å². The highest BCUT2D eigenvalue weighted by Gasteiger charge is 2.10. The summed E-state index contributed by atoms with van der Waals surface area (Å²) in [4.78, 5) is 0. The molecule has 0 saturated heterocycles. The summed E-state index contributed by atoms with van der Waals surface area (Å²) in [6.07, 6.45) is 0. The molecule has 0 aliphatic rings. The minimum Gasteiger partial charge on any atom is -0.378 e. The third-order valence-corrected chi connectivity index (χ3v) is 3.14. The van der Waals surface area contributed by atoms with Crippen LogP contribution in [0.5, 0.6) is 0 Å². The van der Waals surface area contributed by atoms with Gasteiger partial charge in [0.15, 0.2) is 0 Å². The molecule has 0 aliphatic heterocycles. The SMILES string of the molecule is Cc1ccc(C)c(NC(C)c2ccccc2F)c1. The van der Waals surface area contributed by atoms with Gasteiger partial charge in [-0.3, -0.25) is 0 Å². The molecule has 0 spiro atoms. The number of hydrogen-bond acceptors (Lipinski definition) is 1. The van der Waals surface area contributed by atoms with Crippen molar-refractivity contribution >= 4 is 5.69 Å². The fourth-order valence-electron chi connectivity index (χ4n) is 2.03. The van der Waals surface area contributed by atoms with Crippen molar-refractivity contribution in [3.05, 3.63) is 65.0 Å². The van der Waals surface area contributed by atoms with Gasteiger partial charge in [-0.05, 0) is 44.0 Å². The Morgan fingerprint density at radius 1 is 1.06 bits per heavy atom. The van der Waals surface area contributed by atoms with Gasteiger partial charge in [-0.15, -0.1) is 0 Å². The lowest BCUT2D eigenvalue weighted by molar-refractivity contribution is 0.600. The Morgan fingerprint density at radius 2 is 1.78 bits per heavy atom. The van der Waals surface area contributed by atoms with Crippen molar-refractivity contribution in [1.29, 1.82) is 0 Å². The highest BCUT2D eigenvalue weighted by molar-refractivity contribution is 5.53. The largest absolute Gasteiger partial charge is 0.378 e. The first-order valence-electron chi connectivity index (χ1n) is 6.16. The van der Waals surface area contributed by atoms with E-state index in [0.717, 1.165) is 5.69 Å². The third-order valence-electron chi connectivity index (χ3n) is 3.14. The Hall–Kier alpha value is -1.83. The number of nitrogens with one attached hydrogen (secondary N) is 1. The van der Waals surface area contributed by atoms with Crippen LogP contribution < -0.4 is 5.32 Å². The van der Waals surface area contributed by atoms with E-state index in [1.807, 2.05) is 19.1 Å². The van der Waals surface area contributed by atoms with E-state index in [1.165, 1.54) is 17.2 Å². The second-order valence-corrected chi connectivity index (χ2v) is 4.71. The quantitative estimate of drug-likeness (QED) is 0.829. The highest BCUT2D eigenvalue weighted by Crippen LogP contribution is 2.24. The summed E-state index contributed by atoms with van der Waals surface area (Å²) in [7, 11) is 0. The lowest BCUT2D eigenvalue weighted by Crippen LogP contribution is -2.09. The van der Waals surface area contributed by atoms with Crippen molar-refractivity contribution in [3.63, 3.8) is 0 Å². The molecule has 2 aromatic rings. The summed E-state index contributed by atoms with van der Waals surface area (Å²) in [6.45, 7) is 6.08. The number of halogens is 1. The molecule has 1 N–H and O–H groups in total. The Bertz CT molecular complexity index is 549. The van der Waals surface area contributed by atoms with Crippen molar-refractivity contribution in [2.75, 3.05) is 5.32 Å². The van der Waals surface area contributed by atoms with Gasteiger partial charge in [-0.1, -0.05) is 30.3 Å². The molecule has 0 amide bonds. The van der Waals surface area contributed by atoms with Gasteiger partial charge in [0.25, 0.3) is 0 Å². The predicted molar refractivity (Wildman–Crippen MR) is 74.4 cm³/mol. The lowest BCUT2D eigenvalue weighted by atomic mass is 10.1. The maximum Gasteiger partial charge on any atom is 0.128 e. The van der Waals surface area contributed by atoms with Gasteiger partial charge in [-0.25, -0.2) is 4.39 Å². The molecule has 94 valence electrons. The zero-order chi connectivity index (χ0) is 13.1. The van der Waals surface area contributed by atoms with E-state index >= 15 is 0 Å². The standard InChI is InChI=1S/C16H18FN/c1-11-8-9-12(2)16(10-11)18-13(3)14-6-4-5-7-15(14)17/h4-10,13,18H,1-3H3. The summed E-state index contributed by atoms with van der Waals surface area (Å²) < 4.78 is 13.7. The van der Waals surface area contributed by atoms with Gasteiger partial charge in [0, 0.05) is 11.3 Å². The molecule has 0 bridgehead atoms. The van der Waals surface area contributed by atoms with E-state index in [2.05, 4.69) is 37.4 Å². The molecule has 0 aliphatic carbocycles. The molecular formula is C16H18FN. The molecular weight excluding hydrogens is 225 g/mol. The fraction of sp³-hybridized carbons (Fsp3) is 0.250. The summed E-state index contributed by atoms with van der Waals surface area (Å²) in [6, 6.07) is 13.1. The normalized spacial score (nSPS) is 12.2. The van der Waals surface area contributed by atoms with E-state index < -0.39 is 0 Å². The van der Waals surface area contributed by atoms with Gasteiger partial charge in [0.05, 0.1) is 6.04 Å². The first-order valence-corrected chi connectivity index (χ1v) is 6.16. The lowest BCUT2D eigenvalue weighted by Gasteiger charge is -2.18. The minimum absolute atomic E-state index is 0.0494. The molecule has 0 fully saturated rings. The molecule has 2 rings (SSSR count). The number of anilines is 1. The Balaban J connectivity index is 2.24. The summed E-state index contributed by atoms with van der Waals surface area (Å²) in [5.41, 5.74) is 4.12. The predicted octanol–water partition coefficient (Wildman–Crippen LogP) is 4.62. The highest BCUT2D eigenvalue weighted by atomic mass is 19.1. The van der Waals surface area contributed by atoms with Crippen molar-refractivity contribution in [2.45, 2.75) is 26.8 Å². The van der Waals surface area contributed by atoms with Crippen LogP contribution in [0.3, 0.4) is 0 Å². The van der Waals surface area contributed by atoms with Crippen LogP contribution in [0.2, 0.25) is 0 Å². The van der Waals surface area contributed by atoms with E-state index in [1.54, 1.807) is 6.07 Å². The molecule has 1 nitrogen and oxygen atoms in total. The number of aryl methyl sites for hydroxylation is 2. The Kier molecular flexibility index (Phi) is 3.66. The molecule has 1 unspecified atom stereocenters. The average molecular weight is 243 g/mol. The molecule has 1 atom stereocenters. The van der Waals surface area contributed by atoms with Crippen molar-refractivity contribution < 1.29 is 4.39 Å². The zero-order valence-corrected chi connectivity index (χ0v) is 11.0. The van der Waals surface area contributed by atoms with Crippen LogP contribution in [-0.2, 0) is 0 Å². The van der Waals surface area contributed by atoms with E-state index in [9.17, 15) is 4.39 Å². The maximum atomic E-state index is 13.7. The summed E-state index contributed by atoms with van der Waals surface area (Å²) in [5.74, 6) is -0.164. The van der Waals surface area contributed by atoms with Crippen LogP contribution in [0, 0.1) is 19.7 Å². The second-order valence-electron chi connectivity index (χ2n) is 4.71. The van der Waals surface area contributed by atoms with Crippen LogP contribution in [0.4, 0.5) is 10.1 Å². The molecule has 0 saturated carbocycles. The van der Waals surface area contributed by atoms with E-state index in [-0.39, 0.29) is 11.9 Å². The van der Waals surface area contributed by atoms with E-state index in [4.69, 9.17) is 0 Å². The molecule has 0 aromatic heterocycles. The minimum atomic E-state index is -0.164. The molecule has 2 aromatic carbocycles. The van der Waals surface area contributed by atoms with Crippen LogP contribution in [0.1, 0.15) is 29.7 Å². The van der Waals surface area contributed by atoms with Gasteiger partial charge >= 0.3 is 0 Å². The first kappa shape index (κ1) is 12.6. The molecule has 0 heterocycles. The van der Waals surface area contributed by atoms with Crippen molar-refractivity contribution in [3.8, 4) is 0 Å². The number of benzene rings is 2. The van der Waals surface area contributed by atoms with Gasteiger partial charge < -0.3 is 5.32 Å². The Morgan fingerprint density at radius 3 is 2.50 bits per heavy atom. The van der Waals surface area contributed by atoms with Crippen LogP contribution in [0.15, 0.2) is 42.5 Å². The topological polar surface area (TPSA) is 12.0 Å². The fourth-order valence-corrected chi connectivity index (χ4v) is 2.03. The van der Waals surface area contributed by atoms with E-state index in [0.29, 0.717) is 5.56 Å². The summed E-state index contributed by atoms with van der Waals surface area (Å²) >= 11 is 0.